The molecule has 2 aromatic carbocycles. The van der Waals surface area contributed by atoms with E-state index >= 15 is 0 Å². The maximum atomic E-state index is 12.6. The minimum Gasteiger partial charge on any atom is -0.491 e. The number of benzene rings is 2. The highest BCUT2D eigenvalue weighted by molar-refractivity contribution is 6.05. The molecule has 0 spiro atoms. The lowest BCUT2D eigenvalue weighted by Gasteiger charge is -2.12. The fourth-order valence-electron chi connectivity index (χ4n) is 2.48. The van der Waals surface area contributed by atoms with Crippen LogP contribution in [0.15, 0.2) is 60.3 Å². The van der Waals surface area contributed by atoms with Crippen LogP contribution in [0, 0.1) is 0 Å². The van der Waals surface area contributed by atoms with E-state index in [1.165, 1.54) is 6.92 Å². The molecule has 7 heteroatoms. The van der Waals surface area contributed by atoms with Crippen molar-refractivity contribution in [1.29, 1.82) is 0 Å². The molecule has 0 saturated heterocycles. The normalized spacial score (nSPS) is 11.0. The number of hydrogen-bond acceptors (Lipinski definition) is 5. The van der Waals surface area contributed by atoms with E-state index in [0.29, 0.717) is 16.9 Å². The van der Waals surface area contributed by atoms with E-state index in [0.717, 1.165) is 0 Å². The molecule has 2 rings (SSSR count). The zero-order chi connectivity index (χ0) is 21.9. The lowest BCUT2D eigenvalue weighted by atomic mass is 10.1. The van der Waals surface area contributed by atoms with Crippen LogP contribution >= 0.6 is 0 Å². The molecule has 0 bridgehead atoms. The van der Waals surface area contributed by atoms with Crippen molar-refractivity contribution < 1.29 is 23.9 Å². The maximum absolute atomic E-state index is 12.6. The highest BCUT2D eigenvalue weighted by Gasteiger charge is 2.14. The van der Waals surface area contributed by atoms with Crippen molar-refractivity contribution in [2.45, 2.75) is 26.9 Å². The third-order valence-electron chi connectivity index (χ3n) is 3.78. The highest BCUT2D eigenvalue weighted by atomic mass is 16.5. The molecule has 0 unspecified atom stereocenters. The first-order valence-electron chi connectivity index (χ1n) is 9.61. The van der Waals surface area contributed by atoms with Gasteiger partial charge in [-0.2, -0.15) is 0 Å². The van der Waals surface area contributed by atoms with Crippen molar-refractivity contribution >= 4 is 23.9 Å². The second kappa shape index (κ2) is 11.4. The molecule has 2 amide bonds. The minimum absolute atomic E-state index is 0.0439. The van der Waals surface area contributed by atoms with Gasteiger partial charge in [0.15, 0.2) is 0 Å². The SMILES string of the molecule is CC(=O)OCCNC(=O)/C(=C/c1ccc(OC(C)C)cc1)NC(=O)c1ccccc1. The van der Waals surface area contributed by atoms with Gasteiger partial charge in [0.25, 0.3) is 11.8 Å². The second-order valence-corrected chi connectivity index (χ2v) is 6.71. The van der Waals surface area contributed by atoms with Crippen molar-refractivity contribution in [3.05, 3.63) is 71.4 Å². The number of esters is 1. The average Bonchev–Trinajstić information content (AvgIpc) is 2.72. The predicted molar refractivity (Wildman–Crippen MR) is 114 cm³/mol. The van der Waals surface area contributed by atoms with Crippen LogP contribution in [-0.2, 0) is 14.3 Å². The number of amides is 2. The number of rotatable bonds is 9. The quantitative estimate of drug-likeness (QED) is 0.377. The van der Waals surface area contributed by atoms with Gasteiger partial charge in [-0.25, -0.2) is 0 Å². The topological polar surface area (TPSA) is 93.7 Å². The molecule has 0 aromatic heterocycles. The second-order valence-electron chi connectivity index (χ2n) is 6.71. The molecule has 158 valence electrons. The lowest BCUT2D eigenvalue weighted by molar-refractivity contribution is -0.141. The summed E-state index contributed by atoms with van der Waals surface area (Å²) in [4.78, 5) is 36.0. The van der Waals surface area contributed by atoms with Gasteiger partial charge in [0, 0.05) is 12.5 Å². The Morgan fingerprint density at radius 1 is 1.00 bits per heavy atom. The Bertz CT molecular complexity index is 890. The summed E-state index contributed by atoms with van der Waals surface area (Å²) in [5, 5.41) is 5.28. The van der Waals surface area contributed by atoms with E-state index in [9.17, 15) is 14.4 Å². The van der Waals surface area contributed by atoms with Crippen LogP contribution in [0.1, 0.15) is 36.7 Å². The van der Waals surface area contributed by atoms with Gasteiger partial charge in [-0.1, -0.05) is 30.3 Å². The molecule has 0 atom stereocenters. The maximum Gasteiger partial charge on any atom is 0.302 e. The largest absolute Gasteiger partial charge is 0.491 e. The Hall–Kier alpha value is -3.61. The third-order valence-corrected chi connectivity index (χ3v) is 3.78. The van der Waals surface area contributed by atoms with Gasteiger partial charge in [0.2, 0.25) is 0 Å². The molecule has 0 fully saturated rings. The van der Waals surface area contributed by atoms with Gasteiger partial charge in [0.05, 0.1) is 12.6 Å². The zero-order valence-corrected chi connectivity index (χ0v) is 17.3. The summed E-state index contributed by atoms with van der Waals surface area (Å²) in [5.41, 5.74) is 1.21. The summed E-state index contributed by atoms with van der Waals surface area (Å²) in [6.07, 6.45) is 1.62. The summed E-state index contributed by atoms with van der Waals surface area (Å²) in [7, 11) is 0. The summed E-state index contributed by atoms with van der Waals surface area (Å²) < 4.78 is 10.4. The predicted octanol–water partition coefficient (Wildman–Crippen LogP) is 2.92. The molecule has 2 N–H and O–H groups in total. The van der Waals surface area contributed by atoms with E-state index < -0.39 is 17.8 Å². The van der Waals surface area contributed by atoms with E-state index in [1.807, 2.05) is 13.8 Å². The lowest BCUT2D eigenvalue weighted by Crippen LogP contribution is -2.36. The fraction of sp³-hybridized carbons (Fsp3) is 0.261. The number of carbonyl (C=O) groups is 3. The molecule has 0 aliphatic heterocycles. The molecule has 0 saturated carbocycles. The monoisotopic (exact) mass is 410 g/mol. The molecular weight excluding hydrogens is 384 g/mol. The van der Waals surface area contributed by atoms with E-state index in [4.69, 9.17) is 9.47 Å². The van der Waals surface area contributed by atoms with Crippen LogP contribution in [0.4, 0.5) is 0 Å². The Morgan fingerprint density at radius 2 is 1.67 bits per heavy atom. The molecule has 0 aliphatic carbocycles. The van der Waals surface area contributed by atoms with Crippen LogP contribution in [0.2, 0.25) is 0 Å². The standard InChI is InChI=1S/C23H26N2O5/c1-16(2)30-20-11-9-18(10-12-20)15-21(23(28)24-13-14-29-17(3)26)25-22(27)19-7-5-4-6-8-19/h4-12,15-16H,13-14H2,1-3H3,(H,24,28)(H,25,27)/b21-15-. The Labute approximate surface area is 176 Å². The highest BCUT2D eigenvalue weighted by Crippen LogP contribution is 2.16. The molecule has 30 heavy (non-hydrogen) atoms. The van der Waals surface area contributed by atoms with Crippen molar-refractivity contribution in [3.8, 4) is 5.75 Å². The van der Waals surface area contributed by atoms with Crippen LogP contribution in [0.3, 0.4) is 0 Å². The average molecular weight is 410 g/mol. The van der Waals surface area contributed by atoms with Gasteiger partial charge in [-0.05, 0) is 49.8 Å². The van der Waals surface area contributed by atoms with E-state index in [-0.39, 0.29) is 25.0 Å². The number of ether oxygens (including phenoxy) is 2. The van der Waals surface area contributed by atoms with E-state index in [1.54, 1.807) is 60.7 Å². The Kier molecular flexibility index (Phi) is 8.62. The van der Waals surface area contributed by atoms with Gasteiger partial charge in [0.1, 0.15) is 18.1 Å². The molecule has 2 aromatic rings. The van der Waals surface area contributed by atoms with Crippen molar-refractivity contribution in [2.75, 3.05) is 13.2 Å². The zero-order valence-electron chi connectivity index (χ0n) is 17.3. The van der Waals surface area contributed by atoms with Crippen LogP contribution in [0.5, 0.6) is 5.75 Å². The van der Waals surface area contributed by atoms with Gasteiger partial charge in [-0.15, -0.1) is 0 Å². The summed E-state index contributed by atoms with van der Waals surface area (Å²) in [6.45, 7) is 5.33. The summed E-state index contributed by atoms with van der Waals surface area (Å²) in [5.74, 6) is -0.616. The smallest absolute Gasteiger partial charge is 0.302 e. The molecule has 0 aliphatic rings. The van der Waals surface area contributed by atoms with Crippen LogP contribution in [-0.4, -0.2) is 37.0 Å². The minimum atomic E-state index is -0.492. The first kappa shape index (κ1) is 22.7. The molecule has 0 radical (unpaired) electrons. The first-order chi connectivity index (χ1) is 14.3. The fourth-order valence-corrected chi connectivity index (χ4v) is 2.48. The Morgan fingerprint density at radius 3 is 2.27 bits per heavy atom. The van der Waals surface area contributed by atoms with Crippen molar-refractivity contribution in [2.24, 2.45) is 0 Å². The number of hydrogen-bond donors (Lipinski definition) is 2. The summed E-state index contributed by atoms with van der Waals surface area (Å²) in [6, 6.07) is 15.8. The van der Waals surface area contributed by atoms with Crippen molar-refractivity contribution in [1.82, 2.24) is 10.6 Å². The summed E-state index contributed by atoms with van der Waals surface area (Å²) >= 11 is 0. The number of carbonyl (C=O) groups excluding carboxylic acids is 3. The third kappa shape index (κ3) is 7.79. The molecule has 7 nitrogen and oxygen atoms in total. The number of nitrogens with one attached hydrogen (secondary N) is 2. The van der Waals surface area contributed by atoms with E-state index in [2.05, 4.69) is 10.6 Å². The van der Waals surface area contributed by atoms with Crippen LogP contribution < -0.4 is 15.4 Å². The Balaban J connectivity index is 2.16. The van der Waals surface area contributed by atoms with Crippen LogP contribution in [0.25, 0.3) is 6.08 Å². The van der Waals surface area contributed by atoms with Gasteiger partial charge >= 0.3 is 5.97 Å². The van der Waals surface area contributed by atoms with Gasteiger partial charge < -0.3 is 20.1 Å². The molecule has 0 heterocycles. The first-order valence-corrected chi connectivity index (χ1v) is 9.61. The molecular formula is C23H26N2O5. The van der Waals surface area contributed by atoms with Crippen molar-refractivity contribution in [3.63, 3.8) is 0 Å². The van der Waals surface area contributed by atoms with Gasteiger partial charge in [-0.3, -0.25) is 14.4 Å².